The number of nitrogens with zero attached hydrogens (tertiary/aromatic N) is 2. The molecule has 1 fully saturated rings. The number of amides is 1. The van der Waals surface area contributed by atoms with E-state index in [1.807, 2.05) is 36.4 Å². The number of hydrogen-bond acceptors (Lipinski definition) is 7. The summed E-state index contributed by atoms with van der Waals surface area (Å²) in [4.78, 5) is 17.7. The number of carbonyl (C=O) groups excluding carboxylic acids is 1. The number of hydrogen-bond donors (Lipinski definition) is 2. The number of carbonyl (C=O) groups is 1. The monoisotopic (exact) mass is 551 g/mol. The van der Waals surface area contributed by atoms with Crippen molar-refractivity contribution in [2.24, 2.45) is 0 Å². The van der Waals surface area contributed by atoms with Crippen LogP contribution in [0.25, 0.3) is 0 Å². The van der Waals surface area contributed by atoms with Gasteiger partial charge in [0.25, 0.3) is 0 Å². The highest BCUT2D eigenvalue weighted by atomic mass is 35.5. The molecule has 0 atom stereocenters. The largest absolute Gasteiger partial charge is 0.487 e. The molecule has 0 saturated carbocycles. The maximum atomic E-state index is 13.3. The fraction of sp³-hybridized carbons (Fsp3) is 0.367. The summed E-state index contributed by atoms with van der Waals surface area (Å²) >= 11 is 6.28. The van der Waals surface area contributed by atoms with Crippen LogP contribution >= 0.6 is 11.6 Å². The quantitative estimate of drug-likeness (QED) is 0.477. The Labute approximate surface area is 234 Å². The lowest BCUT2D eigenvalue weighted by Gasteiger charge is -2.34. The topological polar surface area (TPSA) is 83.5 Å². The number of ether oxygens (including phenoxy) is 3. The summed E-state index contributed by atoms with van der Waals surface area (Å²) in [6.45, 7) is 4.15. The van der Waals surface area contributed by atoms with E-state index < -0.39 is 0 Å². The third kappa shape index (κ3) is 7.42. The number of halogens is 1. The number of aliphatic hydroxyl groups excluding tert-OH is 1. The lowest BCUT2D eigenvalue weighted by Crippen LogP contribution is -2.38. The minimum absolute atomic E-state index is 0.162. The van der Waals surface area contributed by atoms with Gasteiger partial charge < -0.3 is 29.5 Å². The number of anilines is 2. The second-order valence-corrected chi connectivity index (χ2v) is 10.2. The molecule has 1 saturated heterocycles. The summed E-state index contributed by atoms with van der Waals surface area (Å²) in [6, 6.07) is 20.8. The Kier molecular flexibility index (Phi) is 9.21. The van der Waals surface area contributed by atoms with Crippen molar-refractivity contribution in [1.29, 1.82) is 0 Å². The Hall–Kier alpha value is -3.30. The molecule has 2 aliphatic heterocycles. The number of piperidine rings is 1. The zero-order valence-corrected chi connectivity index (χ0v) is 22.6. The fourth-order valence-corrected chi connectivity index (χ4v) is 5.05. The molecule has 3 aromatic carbocycles. The van der Waals surface area contributed by atoms with Gasteiger partial charge in [-0.1, -0.05) is 41.9 Å². The summed E-state index contributed by atoms with van der Waals surface area (Å²) in [5, 5.41) is 13.4. The highest BCUT2D eigenvalue weighted by molar-refractivity contribution is 6.31. The molecule has 8 nitrogen and oxygen atoms in total. The van der Waals surface area contributed by atoms with Gasteiger partial charge in [0, 0.05) is 36.9 Å². The molecule has 5 rings (SSSR count). The van der Waals surface area contributed by atoms with E-state index in [-0.39, 0.29) is 18.6 Å². The van der Waals surface area contributed by atoms with Gasteiger partial charge in [-0.2, -0.15) is 0 Å². The highest BCUT2D eigenvalue weighted by Gasteiger charge is 2.21. The molecule has 9 heteroatoms. The van der Waals surface area contributed by atoms with Crippen LogP contribution in [0.4, 0.5) is 11.4 Å². The number of benzene rings is 3. The second-order valence-electron chi connectivity index (χ2n) is 9.76. The van der Waals surface area contributed by atoms with E-state index in [1.165, 1.54) is 0 Å². The molecule has 0 unspecified atom stereocenters. The third-order valence-electron chi connectivity index (χ3n) is 6.88. The fourth-order valence-electron chi connectivity index (χ4n) is 4.87. The van der Waals surface area contributed by atoms with E-state index in [2.05, 4.69) is 27.2 Å². The number of para-hydroxylation sites is 3. The van der Waals surface area contributed by atoms with E-state index in [4.69, 9.17) is 25.8 Å². The smallest absolute Gasteiger partial charge is 0.238 e. The van der Waals surface area contributed by atoms with Crippen LogP contribution in [0.1, 0.15) is 18.4 Å². The van der Waals surface area contributed by atoms with Crippen molar-refractivity contribution in [2.75, 3.05) is 56.2 Å². The maximum Gasteiger partial charge on any atom is 0.238 e. The minimum Gasteiger partial charge on any atom is -0.487 e. The molecule has 0 aliphatic carbocycles. The maximum absolute atomic E-state index is 13.3. The van der Waals surface area contributed by atoms with Gasteiger partial charge in [-0.25, -0.2) is 0 Å². The van der Waals surface area contributed by atoms with Crippen LogP contribution in [0.2, 0.25) is 5.02 Å². The molecule has 1 amide bonds. The van der Waals surface area contributed by atoms with Gasteiger partial charge in [0.05, 0.1) is 31.5 Å². The summed E-state index contributed by atoms with van der Waals surface area (Å²) in [7, 11) is 0. The summed E-state index contributed by atoms with van der Waals surface area (Å²) in [5.41, 5.74) is 2.75. The molecule has 2 N–H and O–H groups in total. The molecule has 0 aromatic heterocycles. The molecule has 2 aliphatic rings. The second kappa shape index (κ2) is 13.2. The molecule has 39 heavy (non-hydrogen) atoms. The Morgan fingerprint density at radius 1 is 0.897 bits per heavy atom. The molecule has 3 aromatic rings. The molecular weight excluding hydrogens is 518 g/mol. The van der Waals surface area contributed by atoms with Crippen molar-refractivity contribution in [3.8, 4) is 17.2 Å². The van der Waals surface area contributed by atoms with Crippen LogP contribution < -0.4 is 19.7 Å². The van der Waals surface area contributed by atoms with Gasteiger partial charge in [0.15, 0.2) is 17.2 Å². The third-order valence-corrected chi connectivity index (χ3v) is 7.11. The number of fused-ring (bicyclic) bond motifs is 2. The molecule has 206 valence electrons. The average Bonchev–Trinajstić information content (AvgIpc) is 2.93. The van der Waals surface area contributed by atoms with Crippen molar-refractivity contribution >= 4 is 28.9 Å². The van der Waals surface area contributed by atoms with Crippen molar-refractivity contribution in [1.82, 2.24) is 4.90 Å². The van der Waals surface area contributed by atoms with Crippen LogP contribution in [0.3, 0.4) is 0 Å². The Morgan fingerprint density at radius 2 is 1.67 bits per heavy atom. The van der Waals surface area contributed by atoms with Crippen LogP contribution in [0.15, 0.2) is 66.7 Å². The summed E-state index contributed by atoms with van der Waals surface area (Å²) < 4.78 is 18.0. The van der Waals surface area contributed by atoms with Gasteiger partial charge in [-0.15, -0.1) is 0 Å². The zero-order chi connectivity index (χ0) is 27.0. The van der Waals surface area contributed by atoms with Crippen molar-refractivity contribution in [2.45, 2.75) is 25.5 Å². The number of rotatable bonds is 3. The van der Waals surface area contributed by atoms with Gasteiger partial charge in [0.1, 0.15) is 6.61 Å². The standard InChI is InChI=1S/C30H34ClN3O5/c31-23-9-10-27-25(19-23)32-30(36)21-33(15-16-37-17-18-38-28-7-3-4-8-29(28)39-27)20-22-5-1-2-6-26(22)34-13-11-24(35)12-14-34/h1-10,19,24,35H,11-18,20-21H2,(H,32,36). The van der Waals surface area contributed by atoms with Gasteiger partial charge in [-0.05, 0) is 54.8 Å². The van der Waals surface area contributed by atoms with Crippen LogP contribution in [0, 0.1) is 0 Å². The predicted molar refractivity (Wildman–Crippen MR) is 152 cm³/mol. The minimum atomic E-state index is -0.237. The van der Waals surface area contributed by atoms with E-state index in [0.29, 0.717) is 60.9 Å². The van der Waals surface area contributed by atoms with Gasteiger partial charge in [-0.3, -0.25) is 9.69 Å². The summed E-state index contributed by atoms with van der Waals surface area (Å²) in [6.07, 6.45) is 1.27. The first-order valence-electron chi connectivity index (χ1n) is 13.4. The SMILES string of the molecule is O=C1CN(Cc2ccccc2N2CCC(O)CC2)CCOCCOc2ccccc2Oc2ccc(Cl)cc2N1. The van der Waals surface area contributed by atoms with Gasteiger partial charge >= 0.3 is 0 Å². The van der Waals surface area contributed by atoms with Crippen LogP contribution in [-0.2, 0) is 16.1 Å². The normalized spacial score (nSPS) is 18.0. The van der Waals surface area contributed by atoms with E-state index in [9.17, 15) is 9.90 Å². The Bertz CT molecular complexity index is 1260. The van der Waals surface area contributed by atoms with Crippen LogP contribution in [0.5, 0.6) is 17.2 Å². The van der Waals surface area contributed by atoms with E-state index in [1.54, 1.807) is 18.2 Å². The van der Waals surface area contributed by atoms with E-state index in [0.717, 1.165) is 37.2 Å². The number of aliphatic hydroxyl groups is 1. The molecule has 0 radical (unpaired) electrons. The average molecular weight is 552 g/mol. The Balaban J connectivity index is 1.36. The highest BCUT2D eigenvalue weighted by Crippen LogP contribution is 2.36. The van der Waals surface area contributed by atoms with Crippen molar-refractivity contribution in [3.05, 3.63) is 77.3 Å². The summed E-state index contributed by atoms with van der Waals surface area (Å²) in [5.74, 6) is 1.42. The molecule has 2 heterocycles. The lowest BCUT2D eigenvalue weighted by atomic mass is 10.0. The molecular formula is C30H34ClN3O5. The first-order valence-corrected chi connectivity index (χ1v) is 13.7. The van der Waals surface area contributed by atoms with Crippen LogP contribution in [-0.4, -0.2) is 68.0 Å². The predicted octanol–water partition coefficient (Wildman–Crippen LogP) is 4.94. The Morgan fingerprint density at radius 3 is 2.51 bits per heavy atom. The first-order chi connectivity index (χ1) is 19.0. The molecule has 0 spiro atoms. The van der Waals surface area contributed by atoms with Crippen molar-refractivity contribution < 1.29 is 24.1 Å². The number of nitrogens with one attached hydrogen (secondary N) is 1. The van der Waals surface area contributed by atoms with Gasteiger partial charge in [0.2, 0.25) is 5.91 Å². The van der Waals surface area contributed by atoms with E-state index >= 15 is 0 Å². The first kappa shape index (κ1) is 27.3. The molecule has 0 bridgehead atoms. The zero-order valence-electron chi connectivity index (χ0n) is 21.9. The van der Waals surface area contributed by atoms with Crippen molar-refractivity contribution in [3.63, 3.8) is 0 Å². The lowest BCUT2D eigenvalue weighted by molar-refractivity contribution is -0.117.